The molecule has 1 aromatic heterocycles. The smallest absolute Gasteiger partial charge is 0.120 e. The number of nitrogens with one attached hydrogen (secondary N) is 2. The summed E-state index contributed by atoms with van der Waals surface area (Å²) in [5.74, 6) is 0.921. The lowest BCUT2D eigenvalue weighted by Crippen LogP contribution is -2.20. The monoisotopic (exact) mass is 262 g/mol. The molecular formula is C14H18N2OS. The second kappa shape index (κ2) is 5.87. The lowest BCUT2D eigenvalue weighted by molar-refractivity contribution is 0.340. The van der Waals surface area contributed by atoms with Crippen molar-refractivity contribution in [1.82, 2.24) is 10.3 Å². The largest absolute Gasteiger partial charge is 0.494 e. The van der Waals surface area contributed by atoms with Gasteiger partial charge in [-0.05, 0) is 44.0 Å². The molecule has 1 aromatic carbocycles. The molecule has 2 aromatic rings. The Morgan fingerprint density at radius 3 is 3.00 bits per heavy atom. The standard InChI is InChI=1S/C14H18N2OS/c1-3-17-12-4-5-14-13(8-12)11(9-16-14)6-7-15-10(2)18/h4-5,8-9,16H,3,6-7H2,1-2H3,(H,15,18). The van der Waals surface area contributed by atoms with Crippen LogP contribution in [0.15, 0.2) is 24.4 Å². The van der Waals surface area contributed by atoms with E-state index in [0.717, 1.165) is 29.2 Å². The van der Waals surface area contributed by atoms with Crippen LogP contribution >= 0.6 is 12.2 Å². The highest BCUT2D eigenvalue weighted by Gasteiger charge is 2.05. The van der Waals surface area contributed by atoms with Gasteiger partial charge in [-0.25, -0.2) is 0 Å². The van der Waals surface area contributed by atoms with Crippen molar-refractivity contribution < 1.29 is 4.74 Å². The van der Waals surface area contributed by atoms with E-state index < -0.39 is 0 Å². The fraction of sp³-hybridized carbons (Fsp3) is 0.357. The van der Waals surface area contributed by atoms with E-state index in [4.69, 9.17) is 17.0 Å². The van der Waals surface area contributed by atoms with Crippen LogP contribution in [0.4, 0.5) is 0 Å². The van der Waals surface area contributed by atoms with E-state index in [9.17, 15) is 0 Å². The first-order valence-electron chi connectivity index (χ1n) is 6.18. The van der Waals surface area contributed by atoms with Crippen LogP contribution in [0, 0.1) is 0 Å². The van der Waals surface area contributed by atoms with Gasteiger partial charge >= 0.3 is 0 Å². The maximum atomic E-state index is 5.53. The van der Waals surface area contributed by atoms with E-state index in [1.807, 2.05) is 19.9 Å². The third kappa shape index (κ3) is 3.01. The highest BCUT2D eigenvalue weighted by molar-refractivity contribution is 7.80. The number of hydrogen-bond acceptors (Lipinski definition) is 2. The van der Waals surface area contributed by atoms with Gasteiger partial charge in [0.25, 0.3) is 0 Å². The van der Waals surface area contributed by atoms with E-state index in [-0.39, 0.29) is 0 Å². The molecule has 0 radical (unpaired) electrons. The fourth-order valence-electron chi connectivity index (χ4n) is 1.99. The third-order valence-corrected chi connectivity index (χ3v) is 2.96. The van der Waals surface area contributed by atoms with Crippen molar-refractivity contribution in [3.05, 3.63) is 30.0 Å². The summed E-state index contributed by atoms with van der Waals surface area (Å²) >= 11 is 5.00. The maximum Gasteiger partial charge on any atom is 0.120 e. The average molecular weight is 262 g/mol. The van der Waals surface area contributed by atoms with E-state index in [2.05, 4.69) is 28.6 Å². The quantitative estimate of drug-likeness (QED) is 0.813. The first-order chi connectivity index (χ1) is 8.70. The van der Waals surface area contributed by atoms with Gasteiger partial charge in [-0.15, -0.1) is 0 Å². The van der Waals surface area contributed by atoms with Crippen molar-refractivity contribution in [3.63, 3.8) is 0 Å². The van der Waals surface area contributed by atoms with Gasteiger partial charge in [-0.2, -0.15) is 0 Å². The molecule has 1 heterocycles. The molecule has 0 aliphatic heterocycles. The van der Waals surface area contributed by atoms with Crippen LogP contribution in [-0.2, 0) is 6.42 Å². The molecule has 0 unspecified atom stereocenters. The molecule has 0 aliphatic carbocycles. The Morgan fingerprint density at radius 1 is 1.44 bits per heavy atom. The van der Waals surface area contributed by atoms with Crippen LogP contribution < -0.4 is 10.1 Å². The van der Waals surface area contributed by atoms with Crippen molar-refractivity contribution in [2.24, 2.45) is 0 Å². The van der Waals surface area contributed by atoms with Crippen LogP contribution in [0.5, 0.6) is 5.75 Å². The normalized spacial score (nSPS) is 10.6. The first kappa shape index (κ1) is 12.9. The number of aromatic nitrogens is 1. The minimum Gasteiger partial charge on any atom is -0.494 e. The Labute approximate surface area is 113 Å². The van der Waals surface area contributed by atoms with Gasteiger partial charge in [0.2, 0.25) is 0 Å². The molecule has 4 heteroatoms. The predicted molar refractivity (Wildman–Crippen MR) is 79.4 cm³/mol. The Bertz CT molecular complexity index is 548. The van der Waals surface area contributed by atoms with E-state index in [0.29, 0.717) is 6.61 Å². The van der Waals surface area contributed by atoms with Crippen molar-refractivity contribution >= 4 is 28.1 Å². The Kier molecular flexibility index (Phi) is 4.20. The summed E-state index contributed by atoms with van der Waals surface area (Å²) in [6.07, 6.45) is 3.00. The molecule has 0 bridgehead atoms. The number of aromatic amines is 1. The molecule has 3 nitrogen and oxygen atoms in total. The Morgan fingerprint density at radius 2 is 2.28 bits per heavy atom. The molecule has 0 amide bonds. The highest BCUT2D eigenvalue weighted by atomic mass is 32.1. The van der Waals surface area contributed by atoms with Crippen LogP contribution in [0.1, 0.15) is 19.4 Å². The van der Waals surface area contributed by atoms with E-state index in [1.54, 1.807) is 0 Å². The highest BCUT2D eigenvalue weighted by Crippen LogP contribution is 2.24. The molecule has 0 aliphatic rings. The Hall–Kier alpha value is -1.55. The molecule has 0 spiro atoms. The van der Waals surface area contributed by atoms with Gasteiger partial charge < -0.3 is 15.0 Å². The van der Waals surface area contributed by atoms with Gasteiger partial charge in [0.1, 0.15) is 5.75 Å². The molecule has 2 N–H and O–H groups in total. The predicted octanol–water partition coefficient (Wildman–Crippen LogP) is 3.05. The van der Waals surface area contributed by atoms with Gasteiger partial charge in [0.05, 0.1) is 11.6 Å². The van der Waals surface area contributed by atoms with Crippen molar-refractivity contribution in [3.8, 4) is 5.75 Å². The third-order valence-electron chi connectivity index (χ3n) is 2.82. The van der Waals surface area contributed by atoms with Gasteiger partial charge in [-0.3, -0.25) is 0 Å². The maximum absolute atomic E-state index is 5.53. The van der Waals surface area contributed by atoms with Crippen LogP contribution in [0.3, 0.4) is 0 Å². The lowest BCUT2D eigenvalue weighted by atomic mass is 10.1. The van der Waals surface area contributed by atoms with Gasteiger partial charge in [0.15, 0.2) is 0 Å². The summed E-state index contributed by atoms with van der Waals surface area (Å²) < 4.78 is 5.53. The lowest BCUT2D eigenvalue weighted by Gasteiger charge is -2.05. The number of ether oxygens (including phenoxy) is 1. The summed E-state index contributed by atoms with van der Waals surface area (Å²) in [5.41, 5.74) is 2.43. The molecular weight excluding hydrogens is 244 g/mol. The number of benzene rings is 1. The zero-order valence-corrected chi connectivity index (χ0v) is 11.6. The SMILES string of the molecule is CCOc1ccc2[nH]cc(CCNC(C)=S)c2c1. The molecule has 2 rings (SSSR count). The number of thiocarbonyl (C=S) groups is 1. The number of fused-ring (bicyclic) bond motifs is 1. The second-order valence-corrected chi connectivity index (χ2v) is 4.80. The average Bonchev–Trinajstić information content (AvgIpc) is 2.72. The van der Waals surface area contributed by atoms with Crippen molar-refractivity contribution in [1.29, 1.82) is 0 Å². The minimum atomic E-state index is 0.691. The van der Waals surface area contributed by atoms with Crippen LogP contribution in [0.2, 0.25) is 0 Å². The minimum absolute atomic E-state index is 0.691. The number of rotatable bonds is 5. The van der Waals surface area contributed by atoms with Crippen molar-refractivity contribution in [2.45, 2.75) is 20.3 Å². The molecule has 0 saturated heterocycles. The molecule has 0 atom stereocenters. The fourth-order valence-corrected chi connectivity index (χ4v) is 2.10. The van der Waals surface area contributed by atoms with E-state index >= 15 is 0 Å². The molecule has 0 fully saturated rings. The second-order valence-electron chi connectivity index (χ2n) is 4.19. The van der Waals surface area contributed by atoms with E-state index in [1.165, 1.54) is 10.9 Å². The van der Waals surface area contributed by atoms with Crippen LogP contribution in [0.25, 0.3) is 10.9 Å². The van der Waals surface area contributed by atoms with Crippen LogP contribution in [-0.4, -0.2) is 23.1 Å². The zero-order chi connectivity index (χ0) is 13.0. The Balaban J connectivity index is 2.16. The van der Waals surface area contributed by atoms with Gasteiger partial charge in [-0.1, -0.05) is 12.2 Å². The summed E-state index contributed by atoms with van der Waals surface area (Å²) in [4.78, 5) is 4.12. The summed E-state index contributed by atoms with van der Waals surface area (Å²) in [7, 11) is 0. The molecule has 96 valence electrons. The number of H-pyrrole nitrogens is 1. The van der Waals surface area contributed by atoms with Gasteiger partial charge in [0, 0.05) is 23.6 Å². The van der Waals surface area contributed by atoms with Crippen molar-refractivity contribution in [2.75, 3.05) is 13.2 Å². The molecule has 18 heavy (non-hydrogen) atoms. The summed E-state index contributed by atoms with van der Waals surface area (Å²) in [6.45, 7) is 5.45. The molecule has 0 saturated carbocycles. The topological polar surface area (TPSA) is 37.0 Å². The first-order valence-corrected chi connectivity index (χ1v) is 6.58. The number of hydrogen-bond donors (Lipinski definition) is 2. The summed E-state index contributed by atoms with van der Waals surface area (Å²) in [5, 5.41) is 4.40. The zero-order valence-electron chi connectivity index (χ0n) is 10.7. The summed E-state index contributed by atoms with van der Waals surface area (Å²) in [6, 6.07) is 6.14.